The topological polar surface area (TPSA) is 59.2 Å². The fourth-order valence-electron chi connectivity index (χ4n) is 1.85. The molecule has 1 aromatic heterocycles. The van der Waals surface area contributed by atoms with E-state index in [1.807, 2.05) is 24.3 Å². The number of benzene rings is 1. The highest BCUT2D eigenvalue weighted by Gasteiger charge is 2.05. The lowest BCUT2D eigenvalue weighted by atomic mass is 10.1. The van der Waals surface area contributed by atoms with E-state index in [9.17, 15) is 9.59 Å². The van der Waals surface area contributed by atoms with Gasteiger partial charge in [-0.1, -0.05) is 6.07 Å². The molecular weight excluding hydrogens is 230 g/mol. The van der Waals surface area contributed by atoms with Crippen molar-refractivity contribution in [1.82, 2.24) is 4.98 Å². The van der Waals surface area contributed by atoms with Crippen LogP contribution in [0.3, 0.4) is 0 Å². The van der Waals surface area contributed by atoms with E-state index < -0.39 is 0 Å². The van der Waals surface area contributed by atoms with Gasteiger partial charge in [-0.25, -0.2) is 0 Å². The summed E-state index contributed by atoms with van der Waals surface area (Å²) in [5.41, 5.74) is 2.24. The Morgan fingerprint density at radius 2 is 2.11 bits per heavy atom. The quantitative estimate of drug-likeness (QED) is 0.841. The van der Waals surface area contributed by atoms with Crippen LogP contribution in [0.25, 0.3) is 10.9 Å². The van der Waals surface area contributed by atoms with Crippen LogP contribution < -0.4 is 5.56 Å². The summed E-state index contributed by atoms with van der Waals surface area (Å²) in [6.07, 6.45) is 0.252. The van der Waals surface area contributed by atoms with Crippen LogP contribution in [0.1, 0.15) is 18.1 Å². The van der Waals surface area contributed by atoms with Crippen LogP contribution in [0.15, 0.2) is 29.1 Å². The molecule has 0 aliphatic heterocycles. The van der Waals surface area contributed by atoms with Crippen molar-refractivity contribution in [3.05, 3.63) is 45.7 Å². The largest absolute Gasteiger partial charge is 0.466 e. The molecule has 0 unspecified atom stereocenters. The number of ether oxygens (including phenoxy) is 1. The second kappa shape index (κ2) is 5.04. The van der Waals surface area contributed by atoms with Gasteiger partial charge >= 0.3 is 5.97 Å². The van der Waals surface area contributed by atoms with Gasteiger partial charge in [0, 0.05) is 11.1 Å². The Labute approximate surface area is 105 Å². The average Bonchev–Trinajstić information content (AvgIpc) is 2.31. The molecule has 2 aromatic rings. The first-order valence-corrected chi connectivity index (χ1v) is 5.88. The van der Waals surface area contributed by atoms with Crippen molar-refractivity contribution in [3.8, 4) is 0 Å². The number of hydrogen-bond donors (Lipinski definition) is 1. The number of H-pyrrole nitrogens is 1. The molecule has 0 saturated carbocycles. The molecule has 0 fully saturated rings. The average molecular weight is 245 g/mol. The molecule has 0 saturated heterocycles. The Balaban J connectivity index is 2.35. The van der Waals surface area contributed by atoms with E-state index in [2.05, 4.69) is 4.98 Å². The maximum atomic E-state index is 11.5. The van der Waals surface area contributed by atoms with Gasteiger partial charge in [0.15, 0.2) is 0 Å². The van der Waals surface area contributed by atoms with Crippen LogP contribution in [-0.4, -0.2) is 17.6 Å². The second-order valence-corrected chi connectivity index (χ2v) is 4.18. The number of aromatic amines is 1. The summed E-state index contributed by atoms with van der Waals surface area (Å²) < 4.78 is 4.90. The summed E-state index contributed by atoms with van der Waals surface area (Å²) in [4.78, 5) is 25.6. The highest BCUT2D eigenvalue weighted by Crippen LogP contribution is 2.14. The summed E-state index contributed by atoms with van der Waals surface area (Å²) in [5.74, 6) is -0.238. The maximum absolute atomic E-state index is 11.5. The van der Waals surface area contributed by atoms with Crippen molar-refractivity contribution in [3.63, 3.8) is 0 Å². The lowest BCUT2D eigenvalue weighted by Gasteiger charge is -2.04. The molecule has 1 N–H and O–H groups in total. The molecule has 0 aliphatic rings. The van der Waals surface area contributed by atoms with Gasteiger partial charge in [0.2, 0.25) is 0 Å². The lowest BCUT2D eigenvalue weighted by molar-refractivity contribution is -0.142. The summed E-state index contributed by atoms with van der Waals surface area (Å²) >= 11 is 0. The minimum absolute atomic E-state index is 0.0827. The number of carbonyl (C=O) groups is 1. The van der Waals surface area contributed by atoms with E-state index in [1.54, 1.807) is 13.8 Å². The van der Waals surface area contributed by atoms with Crippen molar-refractivity contribution in [2.75, 3.05) is 6.61 Å². The van der Waals surface area contributed by atoms with Gasteiger partial charge in [0.25, 0.3) is 5.56 Å². The van der Waals surface area contributed by atoms with Crippen LogP contribution >= 0.6 is 0 Å². The van der Waals surface area contributed by atoms with Crippen LogP contribution in [0.5, 0.6) is 0 Å². The van der Waals surface area contributed by atoms with E-state index in [-0.39, 0.29) is 17.9 Å². The monoisotopic (exact) mass is 245 g/mol. The third-order valence-corrected chi connectivity index (χ3v) is 2.75. The van der Waals surface area contributed by atoms with E-state index >= 15 is 0 Å². The first-order chi connectivity index (χ1) is 8.60. The van der Waals surface area contributed by atoms with Crippen molar-refractivity contribution in [1.29, 1.82) is 0 Å². The third-order valence-electron chi connectivity index (χ3n) is 2.75. The molecule has 2 rings (SSSR count). The summed E-state index contributed by atoms with van der Waals surface area (Å²) in [6.45, 7) is 3.93. The Hall–Kier alpha value is -2.10. The number of nitrogens with one attached hydrogen (secondary N) is 1. The van der Waals surface area contributed by atoms with Gasteiger partial charge in [-0.15, -0.1) is 0 Å². The fourth-order valence-corrected chi connectivity index (χ4v) is 1.85. The van der Waals surface area contributed by atoms with E-state index in [4.69, 9.17) is 4.74 Å². The van der Waals surface area contributed by atoms with Crippen LogP contribution in [0.2, 0.25) is 0 Å². The van der Waals surface area contributed by atoms with Gasteiger partial charge in [-0.05, 0) is 43.0 Å². The fraction of sp³-hybridized carbons (Fsp3) is 0.286. The molecule has 94 valence electrons. The molecule has 18 heavy (non-hydrogen) atoms. The summed E-state index contributed by atoms with van der Waals surface area (Å²) in [7, 11) is 0. The Morgan fingerprint density at radius 3 is 2.83 bits per heavy atom. The first kappa shape index (κ1) is 12.4. The van der Waals surface area contributed by atoms with Crippen LogP contribution in [-0.2, 0) is 16.0 Å². The highest BCUT2D eigenvalue weighted by molar-refractivity contribution is 5.81. The van der Waals surface area contributed by atoms with E-state index in [0.717, 1.165) is 16.5 Å². The zero-order chi connectivity index (χ0) is 13.1. The number of aromatic nitrogens is 1. The Bertz CT molecular complexity index is 643. The second-order valence-electron chi connectivity index (χ2n) is 4.18. The van der Waals surface area contributed by atoms with Crippen molar-refractivity contribution >= 4 is 16.9 Å². The molecular formula is C14H15NO3. The van der Waals surface area contributed by atoms with Crippen molar-refractivity contribution in [2.45, 2.75) is 20.3 Å². The SMILES string of the molecule is CCOC(=O)Cc1ccc2[nH]c(=O)c(C)cc2c1. The number of aryl methyl sites for hydroxylation is 1. The zero-order valence-corrected chi connectivity index (χ0v) is 10.4. The number of rotatable bonds is 3. The normalized spacial score (nSPS) is 10.6. The van der Waals surface area contributed by atoms with Gasteiger partial charge in [-0.3, -0.25) is 9.59 Å². The number of carbonyl (C=O) groups excluding carboxylic acids is 1. The molecule has 0 amide bonds. The van der Waals surface area contributed by atoms with Crippen LogP contribution in [0, 0.1) is 6.92 Å². The molecule has 4 heteroatoms. The lowest BCUT2D eigenvalue weighted by Crippen LogP contribution is -2.09. The van der Waals surface area contributed by atoms with E-state index in [0.29, 0.717) is 12.2 Å². The first-order valence-electron chi connectivity index (χ1n) is 5.88. The van der Waals surface area contributed by atoms with Gasteiger partial charge in [0.1, 0.15) is 0 Å². The van der Waals surface area contributed by atoms with Crippen molar-refractivity contribution < 1.29 is 9.53 Å². The molecule has 1 heterocycles. The summed E-state index contributed by atoms with van der Waals surface area (Å²) in [6, 6.07) is 7.35. The third kappa shape index (κ3) is 2.59. The molecule has 0 spiro atoms. The predicted octanol–water partition coefficient (Wildman–Crippen LogP) is 1.94. The smallest absolute Gasteiger partial charge is 0.310 e. The minimum atomic E-state index is -0.238. The molecule has 0 atom stereocenters. The number of fused-ring (bicyclic) bond motifs is 1. The number of esters is 1. The predicted molar refractivity (Wildman–Crippen MR) is 69.6 cm³/mol. The molecule has 0 radical (unpaired) electrons. The molecule has 1 aromatic carbocycles. The molecule has 4 nitrogen and oxygen atoms in total. The number of hydrogen-bond acceptors (Lipinski definition) is 3. The van der Waals surface area contributed by atoms with Gasteiger partial charge in [0.05, 0.1) is 13.0 Å². The summed E-state index contributed by atoms with van der Waals surface area (Å²) in [5, 5.41) is 0.925. The minimum Gasteiger partial charge on any atom is -0.466 e. The van der Waals surface area contributed by atoms with Crippen molar-refractivity contribution in [2.24, 2.45) is 0 Å². The molecule has 0 aliphatic carbocycles. The molecule has 0 bridgehead atoms. The highest BCUT2D eigenvalue weighted by atomic mass is 16.5. The standard InChI is InChI=1S/C14H15NO3/c1-3-18-13(16)8-10-4-5-12-11(7-10)6-9(2)14(17)15-12/h4-7H,3,8H2,1-2H3,(H,15,17). The Morgan fingerprint density at radius 1 is 1.33 bits per heavy atom. The zero-order valence-electron chi connectivity index (χ0n) is 10.4. The van der Waals surface area contributed by atoms with E-state index in [1.165, 1.54) is 0 Å². The number of pyridine rings is 1. The van der Waals surface area contributed by atoms with Crippen LogP contribution in [0.4, 0.5) is 0 Å². The maximum Gasteiger partial charge on any atom is 0.310 e. The van der Waals surface area contributed by atoms with Gasteiger partial charge in [-0.2, -0.15) is 0 Å². The van der Waals surface area contributed by atoms with Gasteiger partial charge < -0.3 is 9.72 Å². The Kier molecular flexibility index (Phi) is 3.46.